The summed E-state index contributed by atoms with van der Waals surface area (Å²) in [7, 11) is 0. The van der Waals surface area contributed by atoms with Crippen LogP contribution in [0.15, 0.2) is 23.0 Å². The predicted octanol–water partition coefficient (Wildman–Crippen LogP) is 1.71. The number of aromatic nitrogens is 5. The average molecular weight is 294 g/mol. The molecule has 2 heterocycles. The fraction of sp³-hybridized carbons (Fsp3) is 0. The molecule has 0 saturated heterocycles. The highest BCUT2D eigenvalue weighted by Gasteiger charge is 2.26. The predicted molar refractivity (Wildman–Crippen MR) is 61.7 cm³/mol. The van der Waals surface area contributed by atoms with Crippen LogP contribution < -0.4 is 0 Å². The van der Waals surface area contributed by atoms with E-state index in [1.807, 2.05) is 0 Å². The van der Waals surface area contributed by atoms with Gasteiger partial charge in [0, 0.05) is 6.07 Å². The topological polar surface area (TPSA) is 124 Å². The zero-order chi connectivity index (χ0) is 15.0. The van der Waals surface area contributed by atoms with E-state index in [-0.39, 0.29) is 11.6 Å². The lowest BCUT2D eigenvalue weighted by Gasteiger charge is -2.00. The standard InChI is InChI=1S/C10H4F2N6O3/c11-4-1-2-5(18(19)20)7(12)6(4)10-15-9(17-21-10)8-13-3-14-16-8/h1-3H,(H,13,14,16). The van der Waals surface area contributed by atoms with E-state index in [2.05, 4.69) is 25.3 Å². The Morgan fingerprint density at radius 3 is 2.81 bits per heavy atom. The smallest absolute Gasteiger partial charge is 0.305 e. The quantitative estimate of drug-likeness (QED) is 0.575. The minimum atomic E-state index is -1.40. The second kappa shape index (κ2) is 4.70. The third kappa shape index (κ3) is 2.09. The number of benzene rings is 1. The van der Waals surface area contributed by atoms with Gasteiger partial charge in [-0.1, -0.05) is 5.16 Å². The number of nitrogens with one attached hydrogen (secondary N) is 1. The lowest BCUT2D eigenvalue weighted by molar-refractivity contribution is -0.387. The van der Waals surface area contributed by atoms with Crippen LogP contribution in [-0.2, 0) is 0 Å². The molecular formula is C10H4F2N6O3. The molecular weight excluding hydrogens is 290 g/mol. The van der Waals surface area contributed by atoms with E-state index < -0.39 is 33.7 Å². The van der Waals surface area contributed by atoms with Crippen molar-refractivity contribution in [2.75, 3.05) is 0 Å². The maximum Gasteiger partial charge on any atom is 0.305 e. The van der Waals surface area contributed by atoms with E-state index in [0.717, 1.165) is 6.07 Å². The van der Waals surface area contributed by atoms with Gasteiger partial charge < -0.3 is 4.52 Å². The summed E-state index contributed by atoms with van der Waals surface area (Å²) < 4.78 is 32.4. The molecule has 0 spiro atoms. The van der Waals surface area contributed by atoms with E-state index in [1.165, 1.54) is 6.33 Å². The summed E-state index contributed by atoms with van der Waals surface area (Å²) in [6.07, 6.45) is 1.18. The molecule has 0 fully saturated rings. The number of nitro benzene ring substituents is 1. The van der Waals surface area contributed by atoms with Gasteiger partial charge in [-0.25, -0.2) is 9.37 Å². The Labute approximate surface area is 113 Å². The van der Waals surface area contributed by atoms with Crippen LogP contribution in [-0.4, -0.2) is 30.2 Å². The van der Waals surface area contributed by atoms with Crippen LogP contribution in [0.2, 0.25) is 0 Å². The minimum absolute atomic E-state index is 0.0900. The number of nitrogens with zero attached hydrogens (tertiary/aromatic N) is 5. The molecule has 3 aromatic rings. The summed E-state index contributed by atoms with van der Waals surface area (Å²) in [4.78, 5) is 17.1. The second-order valence-electron chi connectivity index (χ2n) is 3.77. The summed E-state index contributed by atoms with van der Waals surface area (Å²) >= 11 is 0. The molecule has 2 aromatic heterocycles. The van der Waals surface area contributed by atoms with Crippen molar-refractivity contribution in [3.05, 3.63) is 40.2 Å². The van der Waals surface area contributed by atoms with Gasteiger partial charge in [-0.15, -0.1) is 0 Å². The first-order valence-electron chi connectivity index (χ1n) is 5.40. The summed E-state index contributed by atoms with van der Waals surface area (Å²) in [5.74, 6) is -2.97. The molecule has 0 unspecified atom stereocenters. The first-order valence-corrected chi connectivity index (χ1v) is 5.40. The van der Waals surface area contributed by atoms with E-state index in [4.69, 9.17) is 4.52 Å². The maximum atomic E-state index is 14.0. The summed E-state index contributed by atoms with van der Waals surface area (Å²) in [5.41, 5.74) is -1.67. The maximum absolute atomic E-state index is 14.0. The molecule has 1 aromatic carbocycles. The molecule has 0 amide bonds. The van der Waals surface area contributed by atoms with Gasteiger partial charge in [0.25, 0.3) is 5.89 Å². The molecule has 0 bridgehead atoms. The number of rotatable bonds is 3. The van der Waals surface area contributed by atoms with Gasteiger partial charge in [0.2, 0.25) is 11.6 Å². The van der Waals surface area contributed by atoms with Crippen LogP contribution in [0.4, 0.5) is 14.5 Å². The van der Waals surface area contributed by atoms with Gasteiger partial charge in [-0.05, 0) is 6.07 Å². The van der Waals surface area contributed by atoms with Crippen LogP contribution in [0.1, 0.15) is 0 Å². The summed E-state index contributed by atoms with van der Waals surface area (Å²) in [5, 5.41) is 20.1. The van der Waals surface area contributed by atoms with E-state index in [9.17, 15) is 18.9 Å². The lowest BCUT2D eigenvalue weighted by atomic mass is 10.1. The summed E-state index contributed by atoms with van der Waals surface area (Å²) in [6.45, 7) is 0. The monoisotopic (exact) mass is 294 g/mol. The average Bonchev–Trinajstić information content (AvgIpc) is 3.09. The van der Waals surface area contributed by atoms with Crippen molar-refractivity contribution >= 4 is 5.69 Å². The van der Waals surface area contributed by atoms with Crippen LogP contribution in [0, 0.1) is 21.7 Å². The van der Waals surface area contributed by atoms with Gasteiger partial charge >= 0.3 is 5.69 Å². The first kappa shape index (κ1) is 12.8. The fourth-order valence-corrected chi connectivity index (χ4v) is 1.61. The number of hydrogen-bond acceptors (Lipinski definition) is 7. The Morgan fingerprint density at radius 2 is 2.14 bits per heavy atom. The van der Waals surface area contributed by atoms with Gasteiger partial charge in [-0.2, -0.15) is 14.5 Å². The highest BCUT2D eigenvalue weighted by molar-refractivity contribution is 5.61. The van der Waals surface area contributed by atoms with Crippen molar-refractivity contribution in [3.8, 4) is 23.1 Å². The van der Waals surface area contributed by atoms with Crippen molar-refractivity contribution in [1.29, 1.82) is 0 Å². The highest BCUT2D eigenvalue weighted by atomic mass is 19.1. The van der Waals surface area contributed by atoms with Crippen molar-refractivity contribution in [3.63, 3.8) is 0 Å². The van der Waals surface area contributed by atoms with Crippen molar-refractivity contribution in [1.82, 2.24) is 25.3 Å². The SMILES string of the molecule is O=[N+]([O-])c1ccc(F)c(-c2nc(-c3ncn[nH]3)no2)c1F. The number of aromatic amines is 1. The van der Waals surface area contributed by atoms with Gasteiger partial charge in [0.05, 0.1) is 4.92 Å². The van der Waals surface area contributed by atoms with Crippen LogP contribution in [0.5, 0.6) is 0 Å². The van der Waals surface area contributed by atoms with Gasteiger partial charge in [0.1, 0.15) is 17.7 Å². The second-order valence-corrected chi connectivity index (χ2v) is 3.77. The van der Waals surface area contributed by atoms with Crippen LogP contribution >= 0.6 is 0 Å². The van der Waals surface area contributed by atoms with Crippen molar-refractivity contribution in [2.24, 2.45) is 0 Å². The lowest BCUT2D eigenvalue weighted by Crippen LogP contribution is -1.98. The molecule has 1 N–H and O–H groups in total. The fourth-order valence-electron chi connectivity index (χ4n) is 1.61. The molecule has 11 heteroatoms. The molecule has 106 valence electrons. The number of H-pyrrole nitrogens is 1. The Morgan fingerprint density at radius 1 is 1.33 bits per heavy atom. The van der Waals surface area contributed by atoms with E-state index in [0.29, 0.717) is 6.07 Å². The largest absolute Gasteiger partial charge is 0.333 e. The molecule has 0 atom stereocenters. The number of nitro groups is 1. The van der Waals surface area contributed by atoms with E-state index in [1.54, 1.807) is 0 Å². The van der Waals surface area contributed by atoms with Gasteiger partial charge in [0.15, 0.2) is 5.82 Å². The molecule has 9 nitrogen and oxygen atoms in total. The molecule has 3 rings (SSSR count). The molecule has 0 aliphatic rings. The Kier molecular flexibility index (Phi) is 2.86. The summed E-state index contributed by atoms with van der Waals surface area (Å²) in [6, 6.07) is 1.46. The molecule has 21 heavy (non-hydrogen) atoms. The third-order valence-electron chi connectivity index (χ3n) is 2.53. The molecule has 0 aliphatic carbocycles. The van der Waals surface area contributed by atoms with Crippen LogP contribution in [0.3, 0.4) is 0 Å². The Hall–Kier alpha value is -3.24. The minimum Gasteiger partial charge on any atom is -0.333 e. The van der Waals surface area contributed by atoms with Crippen molar-refractivity contribution < 1.29 is 18.2 Å². The molecule has 0 aliphatic heterocycles. The Balaban J connectivity index is 2.13. The number of hydrogen-bond donors (Lipinski definition) is 1. The Bertz CT molecular complexity index is 816. The van der Waals surface area contributed by atoms with Crippen molar-refractivity contribution in [2.45, 2.75) is 0 Å². The highest BCUT2D eigenvalue weighted by Crippen LogP contribution is 2.31. The molecule has 0 radical (unpaired) electrons. The molecule has 0 saturated carbocycles. The normalized spacial score (nSPS) is 10.8. The zero-order valence-electron chi connectivity index (χ0n) is 9.95. The number of halogens is 2. The first-order chi connectivity index (χ1) is 10.1. The van der Waals surface area contributed by atoms with Crippen LogP contribution in [0.25, 0.3) is 23.1 Å². The van der Waals surface area contributed by atoms with E-state index >= 15 is 0 Å². The zero-order valence-corrected chi connectivity index (χ0v) is 9.95. The van der Waals surface area contributed by atoms with Gasteiger partial charge in [-0.3, -0.25) is 15.2 Å². The third-order valence-corrected chi connectivity index (χ3v) is 2.53.